The van der Waals surface area contributed by atoms with E-state index in [0.29, 0.717) is 38.0 Å². The normalized spacial score (nSPS) is 35.0. The van der Waals surface area contributed by atoms with E-state index in [2.05, 4.69) is 6.58 Å². The number of carbonyl (C=O) groups excluding carboxylic acids is 1. The number of aliphatic hydroxyl groups excluding tert-OH is 2. The lowest BCUT2D eigenvalue weighted by Crippen LogP contribution is -2.17. The molecule has 2 fully saturated rings. The van der Waals surface area contributed by atoms with Crippen LogP contribution >= 0.6 is 0 Å². The third-order valence-electron chi connectivity index (χ3n) is 4.44. The molecule has 0 aliphatic heterocycles. The summed E-state index contributed by atoms with van der Waals surface area (Å²) in [5, 5.41) is 19.9. The first-order chi connectivity index (χ1) is 9.54. The predicted molar refractivity (Wildman–Crippen MR) is 76.1 cm³/mol. The Morgan fingerprint density at radius 3 is 3.00 bits per heavy atom. The highest BCUT2D eigenvalue weighted by Crippen LogP contribution is 2.48. The minimum Gasteiger partial charge on any atom is -0.392 e. The monoisotopic (exact) mass is 280 g/mol. The Morgan fingerprint density at radius 2 is 2.30 bits per heavy atom. The van der Waals surface area contributed by atoms with Gasteiger partial charge in [0.25, 0.3) is 0 Å². The van der Waals surface area contributed by atoms with E-state index in [-0.39, 0.29) is 23.5 Å². The van der Waals surface area contributed by atoms with Crippen molar-refractivity contribution in [2.75, 3.05) is 13.2 Å². The van der Waals surface area contributed by atoms with E-state index in [1.54, 1.807) is 6.08 Å². The molecule has 0 aromatic rings. The van der Waals surface area contributed by atoms with E-state index in [1.807, 2.05) is 13.0 Å². The maximum atomic E-state index is 11.9. The number of ketones is 1. The summed E-state index contributed by atoms with van der Waals surface area (Å²) in [4.78, 5) is 11.9. The number of ether oxygens (including phenoxy) is 1. The number of hydrogen-bond acceptors (Lipinski definition) is 4. The molecule has 2 aliphatic rings. The molecule has 0 aromatic heterocycles. The van der Waals surface area contributed by atoms with Crippen LogP contribution in [-0.2, 0) is 9.53 Å². The fourth-order valence-electron chi connectivity index (χ4n) is 3.34. The lowest BCUT2D eigenvalue weighted by Gasteiger charge is -2.17. The molecule has 0 bridgehead atoms. The van der Waals surface area contributed by atoms with Crippen molar-refractivity contribution in [3.63, 3.8) is 0 Å². The summed E-state index contributed by atoms with van der Waals surface area (Å²) in [5.74, 6) is 0.139. The molecule has 0 saturated heterocycles. The van der Waals surface area contributed by atoms with Crippen LogP contribution in [0.15, 0.2) is 24.3 Å². The van der Waals surface area contributed by atoms with Crippen molar-refractivity contribution in [2.45, 2.75) is 38.4 Å². The highest BCUT2D eigenvalue weighted by molar-refractivity contribution is 5.99. The van der Waals surface area contributed by atoms with Crippen molar-refractivity contribution in [1.82, 2.24) is 0 Å². The van der Waals surface area contributed by atoms with Gasteiger partial charge in [0.1, 0.15) is 0 Å². The van der Waals surface area contributed by atoms with Gasteiger partial charge in [0.15, 0.2) is 5.78 Å². The van der Waals surface area contributed by atoms with Gasteiger partial charge < -0.3 is 14.9 Å². The van der Waals surface area contributed by atoms with Gasteiger partial charge in [0.2, 0.25) is 0 Å². The van der Waals surface area contributed by atoms with Crippen molar-refractivity contribution in [3.8, 4) is 0 Å². The first-order valence-electron chi connectivity index (χ1n) is 7.38. The molecule has 4 nitrogen and oxygen atoms in total. The van der Waals surface area contributed by atoms with E-state index >= 15 is 0 Å². The van der Waals surface area contributed by atoms with Gasteiger partial charge in [0, 0.05) is 31.5 Å². The molecule has 4 heteroatoms. The van der Waals surface area contributed by atoms with Gasteiger partial charge in [0.05, 0.1) is 12.2 Å². The van der Waals surface area contributed by atoms with Gasteiger partial charge in [-0.1, -0.05) is 18.7 Å². The third kappa shape index (κ3) is 3.19. The van der Waals surface area contributed by atoms with Crippen molar-refractivity contribution < 1.29 is 19.7 Å². The quantitative estimate of drug-likeness (QED) is 0.439. The zero-order valence-corrected chi connectivity index (χ0v) is 12.0. The van der Waals surface area contributed by atoms with Crippen LogP contribution in [0, 0.1) is 17.8 Å². The largest absolute Gasteiger partial charge is 0.392 e. The summed E-state index contributed by atoms with van der Waals surface area (Å²) in [5.41, 5.74) is 0.683. The Labute approximate surface area is 120 Å². The van der Waals surface area contributed by atoms with Gasteiger partial charge in [-0.15, -0.1) is 0 Å². The SMILES string of the molecule is C=C1C[C@H]2[C@H](C=C[C@@H](O)CCOCC)[C@H](O)C[C@@H]2C1=O. The first-order valence-corrected chi connectivity index (χ1v) is 7.38. The van der Waals surface area contributed by atoms with Gasteiger partial charge in [-0.05, 0) is 31.3 Å². The number of fused-ring (bicyclic) bond motifs is 1. The molecule has 0 radical (unpaired) electrons. The summed E-state index contributed by atoms with van der Waals surface area (Å²) in [6, 6.07) is 0. The smallest absolute Gasteiger partial charge is 0.161 e. The second kappa shape index (κ2) is 6.66. The van der Waals surface area contributed by atoms with Crippen LogP contribution in [0.1, 0.15) is 26.2 Å². The van der Waals surface area contributed by atoms with Crippen LogP contribution in [0.4, 0.5) is 0 Å². The fraction of sp³-hybridized carbons (Fsp3) is 0.688. The Bertz CT molecular complexity index is 401. The van der Waals surface area contributed by atoms with Crippen molar-refractivity contribution >= 4 is 5.78 Å². The number of rotatable bonds is 6. The zero-order chi connectivity index (χ0) is 14.7. The topological polar surface area (TPSA) is 66.8 Å². The fourth-order valence-corrected chi connectivity index (χ4v) is 3.34. The summed E-state index contributed by atoms with van der Waals surface area (Å²) >= 11 is 0. The Kier molecular flexibility index (Phi) is 5.13. The Balaban J connectivity index is 1.91. The molecule has 2 N–H and O–H groups in total. The van der Waals surface area contributed by atoms with E-state index in [9.17, 15) is 15.0 Å². The molecule has 0 aromatic carbocycles. The zero-order valence-electron chi connectivity index (χ0n) is 12.0. The van der Waals surface area contributed by atoms with E-state index in [4.69, 9.17) is 4.74 Å². The highest BCUT2D eigenvalue weighted by atomic mass is 16.5. The predicted octanol–water partition coefficient (Wildman–Crippen LogP) is 1.47. The molecule has 5 atom stereocenters. The number of hydrogen-bond donors (Lipinski definition) is 2. The maximum Gasteiger partial charge on any atom is 0.161 e. The third-order valence-corrected chi connectivity index (χ3v) is 4.44. The van der Waals surface area contributed by atoms with Crippen molar-refractivity contribution in [3.05, 3.63) is 24.3 Å². The van der Waals surface area contributed by atoms with E-state index in [0.717, 1.165) is 0 Å². The molecule has 20 heavy (non-hydrogen) atoms. The number of allylic oxidation sites excluding steroid dienone is 1. The van der Waals surface area contributed by atoms with Gasteiger partial charge in [-0.25, -0.2) is 0 Å². The van der Waals surface area contributed by atoms with Crippen LogP contribution in [-0.4, -0.2) is 41.4 Å². The molecular weight excluding hydrogens is 256 g/mol. The Morgan fingerprint density at radius 1 is 1.55 bits per heavy atom. The van der Waals surface area contributed by atoms with Crippen molar-refractivity contribution in [2.24, 2.45) is 17.8 Å². The molecule has 2 saturated carbocycles. The molecule has 0 amide bonds. The van der Waals surface area contributed by atoms with Gasteiger partial charge in [-0.3, -0.25) is 4.79 Å². The second-order valence-corrected chi connectivity index (χ2v) is 5.76. The average Bonchev–Trinajstić information content (AvgIpc) is 2.85. The summed E-state index contributed by atoms with van der Waals surface area (Å²) < 4.78 is 5.20. The second-order valence-electron chi connectivity index (χ2n) is 5.76. The minimum absolute atomic E-state index is 0.0510. The number of Topliss-reactive ketones (excluding diaryl/α,β-unsaturated/α-hetero) is 1. The maximum absolute atomic E-state index is 11.9. The van der Waals surface area contributed by atoms with Gasteiger partial charge >= 0.3 is 0 Å². The van der Waals surface area contributed by atoms with Crippen LogP contribution in [0.5, 0.6) is 0 Å². The summed E-state index contributed by atoms with van der Waals surface area (Å²) in [7, 11) is 0. The van der Waals surface area contributed by atoms with Gasteiger partial charge in [-0.2, -0.15) is 0 Å². The number of carbonyl (C=O) groups is 1. The standard InChI is InChI=1S/C16H24O4/c1-3-20-7-6-11(17)4-5-12-13-8-10(2)16(19)14(13)9-15(12)18/h4-5,11-15,17-18H,2-3,6-9H2,1H3/t11-,12+,13+,14+,15-/m1/s1. The first kappa shape index (κ1) is 15.4. The molecule has 0 heterocycles. The van der Waals surface area contributed by atoms with E-state index < -0.39 is 12.2 Å². The average molecular weight is 280 g/mol. The molecule has 2 rings (SSSR count). The van der Waals surface area contributed by atoms with E-state index in [1.165, 1.54) is 0 Å². The highest BCUT2D eigenvalue weighted by Gasteiger charge is 2.49. The van der Waals surface area contributed by atoms with Crippen molar-refractivity contribution in [1.29, 1.82) is 0 Å². The molecule has 0 spiro atoms. The Hall–Kier alpha value is -0.970. The van der Waals surface area contributed by atoms with Crippen LogP contribution in [0.25, 0.3) is 0 Å². The molecule has 0 unspecified atom stereocenters. The molecular formula is C16H24O4. The minimum atomic E-state index is -0.562. The lowest BCUT2D eigenvalue weighted by atomic mass is 9.90. The summed E-state index contributed by atoms with van der Waals surface area (Å²) in [6.45, 7) is 6.89. The lowest BCUT2D eigenvalue weighted by molar-refractivity contribution is -0.118. The van der Waals surface area contributed by atoms with Crippen LogP contribution < -0.4 is 0 Å². The van der Waals surface area contributed by atoms with Crippen LogP contribution in [0.2, 0.25) is 0 Å². The summed E-state index contributed by atoms with van der Waals surface area (Å²) in [6.07, 6.45) is 4.29. The number of aliphatic hydroxyl groups is 2. The molecule has 2 aliphatic carbocycles. The molecule has 112 valence electrons. The van der Waals surface area contributed by atoms with Crippen LogP contribution in [0.3, 0.4) is 0 Å².